The van der Waals surface area contributed by atoms with E-state index in [1.807, 2.05) is 37.3 Å². The second-order valence-corrected chi connectivity index (χ2v) is 12.1. The molecule has 2 aromatic heterocycles. The van der Waals surface area contributed by atoms with E-state index >= 15 is 0 Å². The molecule has 2 atom stereocenters. The van der Waals surface area contributed by atoms with Crippen LogP contribution in [-0.2, 0) is 25.3 Å². The van der Waals surface area contributed by atoms with E-state index < -0.39 is 28.8 Å². The lowest BCUT2D eigenvalue weighted by atomic mass is 9.96. The number of aliphatic carboxylic acids is 1. The number of carbonyl (C=O) groups is 2. The van der Waals surface area contributed by atoms with Crippen molar-refractivity contribution in [2.24, 2.45) is 20.0 Å². The molecule has 2 N–H and O–H groups in total. The minimum Gasteiger partial charge on any atom is -0.481 e. The molecule has 0 saturated carbocycles. The SMILES string of the molecule is COc1nc(-c2cccc(-c3cccc(NC(=O)c4nn(C)c(=O)n(C)c4=O)c3C)c2Cl)cc2c1C(N1CCC(C(=O)O)C1)CC2. The molecule has 2 unspecified atom stereocenters. The fourth-order valence-corrected chi connectivity index (χ4v) is 6.86. The number of aryl methyl sites for hydroxylation is 2. The zero-order valence-electron chi connectivity index (χ0n) is 25.8. The van der Waals surface area contributed by atoms with Gasteiger partial charge in [-0.3, -0.25) is 23.9 Å². The van der Waals surface area contributed by atoms with Gasteiger partial charge in [-0.1, -0.05) is 41.9 Å². The number of ether oxygens (including phenoxy) is 1. The van der Waals surface area contributed by atoms with E-state index in [0.29, 0.717) is 46.4 Å². The van der Waals surface area contributed by atoms with Gasteiger partial charge in [-0.25, -0.2) is 14.5 Å². The van der Waals surface area contributed by atoms with E-state index in [4.69, 9.17) is 21.3 Å². The van der Waals surface area contributed by atoms with E-state index in [0.717, 1.165) is 50.9 Å². The number of hydrogen-bond acceptors (Lipinski definition) is 8. The van der Waals surface area contributed by atoms with Gasteiger partial charge in [-0.05, 0) is 61.6 Å². The molecule has 1 fully saturated rings. The number of halogens is 1. The van der Waals surface area contributed by atoms with E-state index in [9.17, 15) is 24.3 Å². The molecular weight excluding hydrogens is 612 g/mol. The van der Waals surface area contributed by atoms with Crippen LogP contribution in [0.4, 0.5) is 5.69 Å². The Morgan fingerprint density at radius 1 is 1.07 bits per heavy atom. The van der Waals surface area contributed by atoms with Crippen LogP contribution in [0.1, 0.15) is 46.1 Å². The Kier molecular flexibility index (Phi) is 8.26. The van der Waals surface area contributed by atoms with Crippen LogP contribution in [0.25, 0.3) is 22.4 Å². The Hall–Kier alpha value is -4.81. The Morgan fingerprint density at radius 2 is 1.78 bits per heavy atom. The molecule has 238 valence electrons. The molecule has 0 bridgehead atoms. The highest BCUT2D eigenvalue weighted by Crippen LogP contribution is 2.45. The predicted molar refractivity (Wildman–Crippen MR) is 172 cm³/mol. The van der Waals surface area contributed by atoms with Crippen molar-refractivity contribution in [2.45, 2.75) is 32.2 Å². The van der Waals surface area contributed by atoms with Crippen LogP contribution in [-0.4, -0.2) is 61.4 Å². The summed E-state index contributed by atoms with van der Waals surface area (Å²) in [6, 6.07) is 13.1. The van der Waals surface area contributed by atoms with Crippen molar-refractivity contribution in [2.75, 3.05) is 25.5 Å². The number of carboxylic acid groups (broad SMARTS) is 1. The van der Waals surface area contributed by atoms with Gasteiger partial charge >= 0.3 is 11.7 Å². The van der Waals surface area contributed by atoms with Crippen LogP contribution in [0.2, 0.25) is 5.02 Å². The van der Waals surface area contributed by atoms with E-state index in [-0.39, 0.29) is 12.0 Å². The first kappa shape index (κ1) is 31.2. The zero-order chi connectivity index (χ0) is 32.9. The number of carbonyl (C=O) groups excluding carboxylic acids is 1. The van der Waals surface area contributed by atoms with Crippen LogP contribution >= 0.6 is 11.6 Å². The second kappa shape index (κ2) is 12.2. The summed E-state index contributed by atoms with van der Waals surface area (Å²) >= 11 is 7.08. The third-order valence-corrected chi connectivity index (χ3v) is 9.42. The lowest BCUT2D eigenvalue weighted by Gasteiger charge is -2.25. The average Bonchev–Trinajstić information content (AvgIpc) is 3.70. The highest BCUT2D eigenvalue weighted by Gasteiger charge is 2.38. The smallest absolute Gasteiger partial charge is 0.346 e. The molecule has 12 nitrogen and oxygen atoms in total. The number of amides is 1. The van der Waals surface area contributed by atoms with Gasteiger partial charge in [-0.2, -0.15) is 5.10 Å². The summed E-state index contributed by atoms with van der Waals surface area (Å²) in [6.07, 6.45) is 2.30. The fourth-order valence-electron chi connectivity index (χ4n) is 6.54. The van der Waals surface area contributed by atoms with E-state index in [1.54, 1.807) is 19.2 Å². The number of pyridine rings is 1. The molecular formula is C33H33ClN6O6. The maximum Gasteiger partial charge on any atom is 0.346 e. The Bertz CT molecular complexity index is 2020. The molecule has 1 aliphatic heterocycles. The molecule has 0 radical (unpaired) electrons. The van der Waals surface area contributed by atoms with Gasteiger partial charge in [0.25, 0.3) is 11.5 Å². The summed E-state index contributed by atoms with van der Waals surface area (Å²) in [7, 11) is 4.25. The van der Waals surface area contributed by atoms with E-state index in [1.165, 1.54) is 14.1 Å². The van der Waals surface area contributed by atoms with Crippen molar-refractivity contribution in [1.82, 2.24) is 24.2 Å². The molecule has 13 heteroatoms. The van der Waals surface area contributed by atoms with Crippen molar-refractivity contribution in [1.29, 1.82) is 0 Å². The predicted octanol–water partition coefficient (Wildman–Crippen LogP) is 3.82. The normalized spacial score (nSPS) is 17.6. The highest BCUT2D eigenvalue weighted by molar-refractivity contribution is 6.36. The lowest BCUT2D eigenvalue weighted by molar-refractivity contribution is -0.141. The summed E-state index contributed by atoms with van der Waals surface area (Å²) in [5.41, 5.74) is 4.30. The van der Waals surface area contributed by atoms with Crippen LogP contribution in [0.3, 0.4) is 0 Å². The number of fused-ring (bicyclic) bond motifs is 1. The van der Waals surface area contributed by atoms with Crippen molar-refractivity contribution in [3.05, 3.63) is 90.7 Å². The molecule has 6 rings (SSSR count). The molecule has 1 saturated heterocycles. The fraction of sp³-hybridized carbons (Fsp3) is 0.333. The largest absolute Gasteiger partial charge is 0.481 e. The number of anilines is 1. The number of methoxy groups -OCH3 is 1. The van der Waals surface area contributed by atoms with Gasteiger partial charge in [0.1, 0.15) is 0 Å². The van der Waals surface area contributed by atoms with Gasteiger partial charge in [0.15, 0.2) is 0 Å². The molecule has 0 spiro atoms. The van der Waals surface area contributed by atoms with Gasteiger partial charge in [0.2, 0.25) is 11.6 Å². The maximum atomic E-state index is 13.1. The van der Waals surface area contributed by atoms with Crippen LogP contribution in [0.15, 0.2) is 52.1 Å². The van der Waals surface area contributed by atoms with Gasteiger partial charge in [-0.15, -0.1) is 0 Å². The van der Waals surface area contributed by atoms with Crippen LogP contribution in [0.5, 0.6) is 5.88 Å². The Balaban J connectivity index is 1.33. The van der Waals surface area contributed by atoms with Crippen LogP contribution in [0, 0.1) is 12.8 Å². The summed E-state index contributed by atoms with van der Waals surface area (Å²) in [6.45, 7) is 3.07. The van der Waals surface area contributed by atoms with Crippen LogP contribution < -0.4 is 21.3 Å². The number of rotatable bonds is 7. The third-order valence-electron chi connectivity index (χ3n) is 9.02. The first-order valence-electron chi connectivity index (χ1n) is 14.9. The van der Waals surface area contributed by atoms with Crippen molar-refractivity contribution < 1.29 is 19.4 Å². The second-order valence-electron chi connectivity index (χ2n) is 11.7. The standard InChI is InChI=1S/C33H33ClN6O6/c1-17-20(7-6-10-23(17)35-29(41)28-31(42)38(2)33(45)39(3)37-28)21-8-5-9-22(27(21)34)24-15-18-11-12-25(26(18)30(36-24)46-4)40-14-13-19(16-40)32(43)44/h5-10,15,19,25H,11-14,16H2,1-4H3,(H,35,41)(H,43,44). The van der Waals surface area contributed by atoms with Gasteiger partial charge in [0.05, 0.1) is 23.7 Å². The average molecular weight is 645 g/mol. The van der Waals surface area contributed by atoms with Gasteiger partial charge in [0, 0.05) is 49.1 Å². The summed E-state index contributed by atoms with van der Waals surface area (Å²) in [5, 5.41) is 16.6. The summed E-state index contributed by atoms with van der Waals surface area (Å²) in [5.74, 6) is -1.35. The maximum absolute atomic E-state index is 13.1. The number of hydrogen-bond donors (Lipinski definition) is 2. The minimum atomic E-state index is -0.793. The minimum absolute atomic E-state index is 0.0504. The first-order chi connectivity index (χ1) is 22.0. The van der Waals surface area contributed by atoms with E-state index in [2.05, 4.69) is 15.3 Å². The number of aromatic nitrogens is 4. The Morgan fingerprint density at radius 3 is 2.50 bits per heavy atom. The Labute approximate surface area is 269 Å². The summed E-state index contributed by atoms with van der Waals surface area (Å²) < 4.78 is 7.56. The zero-order valence-corrected chi connectivity index (χ0v) is 26.6. The monoisotopic (exact) mass is 644 g/mol. The topological polar surface area (TPSA) is 149 Å². The molecule has 1 amide bonds. The molecule has 46 heavy (non-hydrogen) atoms. The van der Waals surface area contributed by atoms with Crippen molar-refractivity contribution in [3.8, 4) is 28.3 Å². The first-order valence-corrected chi connectivity index (χ1v) is 15.3. The molecule has 4 aromatic rings. The lowest BCUT2D eigenvalue weighted by Crippen LogP contribution is -2.43. The van der Waals surface area contributed by atoms with Crippen molar-refractivity contribution in [3.63, 3.8) is 0 Å². The molecule has 3 heterocycles. The third kappa shape index (κ3) is 5.37. The number of benzene rings is 2. The highest BCUT2D eigenvalue weighted by atomic mass is 35.5. The van der Waals surface area contributed by atoms with Crippen molar-refractivity contribution >= 4 is 29.2 Å². The number of likely N-dealkylation sites (tertiary alicyclic amines) is 1. The summed E-state index contributed by atoms with van der Waals surface area (Å²) in [4.78, 5) is 56.3. The number of nitrogens with one attached hydrogen (secondary N) is 1. The quantitative estimate of drug-likeness (QED) is 0.306. The number of nitrogens with zero attached hydrogens (tertiary/aromatic N) is 5. The molecule has 2 aliphatic rings. The number of carboxylic acids is 1. The molecule has 1 aliphatic carbocycles. The molecule has 2 aromatic carbocycles. The van der Waals surface area contributed by atoms with Gasteiger partial charge < -0.3 is 15.2 Å².